The van der Waals surface area contributed by atoms with E-state index in [0.717, 1.165) is 6.42 Å². The van der Waals surface area contributed by atoms with Gasteiger partial charge >= 0.3 is 0 Å². The Kier molecular flexibility index (Phi) is 6.05. The van der Waals surface area contributed by atoms with Gasteiger partial charge in [0, 0.05) is 25.7 Å². The van der Waals surface area contributed by atoms with Crippen LogP contribution in [-0.2, 0) is 10.2 Å². The molecule has 0 spiro atoms. The first-order valence-electron chi connectivity index (χ1n) is 4.93. The normalized spacial score (nSPS) is 24.9. The summed E-state index contributed by atoms with van der Waals surface area (Å²) in [5, 5.41) is 0. The lowest BCUT2D eigenvalue weighted by Gasteiger charge is -2.19. The number of hydrogen-bond acceptors (Lipinski definition) is 3. The minimum Gasteiger partial charge on any atom is -0.329 e. The summed E-state index contributed by atoms with van der Waals surface area (Å²) in [7, 11) is -3.30. The van der Waals surface area contributed by atoms with Gasteiger partial charge in [-0.1, -0.05) is 6.92 Å². The molecule has 3 N–H and O–H groups in total. The number of nitrogens with zero attached hydrogens (tertiary/aromatic N) is 1. The Morgan fingerprint density at radius 1 is 1.60 bits per heavy atom. The van der Waals surface area contributed by atoms with Gasteiger partial charge in [-0.3, -0.25) is 0 Å². The van der Waals surface area contributed by atoms with Gasteiger partial charge in [-0.25, -0.2) is 0 Å². The number of halogens is 1. The molecule has 92 valence electrons. The molecule has 0 saturated carbocycles. The maximum absolute atomic E-state index is 11.7. The molecule has 1 rings (SSSR count). The summed E-state index contributed by atoms with van der Waals surface area (Å²) in [6, 6.07) is -0.198. The van der Waals surface area contributed by atoms with Crippen LogP contribution in [0, 0.1) is 5.92 Å². The maximum Gasteiger partial charge on any atom is 0.279 e. The van der Waals surface area contributed by atoms with Crippen molar-refractivity contribution in [1.82, 2.24) is 9.03 Å². The molecule has 1 aliphatic heterocycles. The van der Waals surface area contributed by atoms with Gasteiger partial charge in [0.25, 0.3) is 10.2 Å². The predicted molar refractivity (Wildman–Crippen MR) is 63.2 cm³/mol. The van der Waals surface area contributed by atoms with E-state index in [1.807, 2.05) is 0 Å². The summed E-state index contributed by atoms with van der Waals surface area (Å²) in [5.74, 6) is 0.458. The first-order chi connectivity index (χ1) is 6.45. The molecule has 0 radical (unpaired) electrons. The van der Waals surface area contributed by atoms with Gasteiger partial charge in [0.1, 0.15) is 0 Å². The summed E-state index contributed by atoms with van der Waals surface area (Å²) < 4.78 is 27.4. The van der Waals surface area contributed by atoms with Crippen LogP contribution >= 0.6 is 12.4 Å². The second-order valence-electron chi connectivity index (χ2n) is 4.01. The first kappa shape index (κ1) is 15.1. The molecule has 1 unspecified atom stereocenters. The van der Waals surface area contributed by atoms with Crippen LogP contribution in [-0.4, -0.2) is 38.4 Å². The zero-order chi connectivity index (χ0) is 10.8. The van der Waals surface area contributed by atoms with E-state index in [-0.39, 0.29) is 18.4 Å². The van der Waals surface area contributed by atoms with E-state index in [2.05, 4.69) is 11.6 Å². The number of nitrogens with one attached hydrogen (secondary N) is 1. The van der Waals surface area contributed by atoms with Crippen molar-refractivity contribution in [3.05, 3.63) is 0 Å². The summed E-state index contributed by atoms with van der Waals surface area (Å²) in [4.78, 5) is 0. The zero-order valence-electron chi connectivity index (χ0n) is 9.14. The van der Waals surface area contributed by atoms with Crippen LogP contribution in [0.5, 0.6) is 0 Å². The molecule has 5 nitrogen and oxygen atoms in total. The lowest BCUT2D eigenvalue weighted by molar-refractivity contribution is 0.445. The highest BCUT2D eigenvalue weighted by molar-refractivity contribution is 7.87. The third kappa shape index (κ3) is 4.24. The molecule has 15 heavy (non-hydrogen) atoms. The quantitative estimate of drug-likeness (QED) is 0.741. The lowest BCUT2D eigenvalue weighted by Crippen LogP contribution is -2.45. The predicted octanol–water partition coefficient (Wildman–Crippen LogP) is -0.0684. The fraction of sp³-hybridized carbons (Fsp3) is 1.00. The molecule has 0 aromatic heterocycles. The van der Waals surface area contributed by atoms with Crippen LogP contribution < -0.4 is 10.5 Å². The summed E-state index contributed by atoms with van der Waals surface area (Å²) in [6.45, 7) is 5.38. The van der Waals surface area contributed by atoms with E-state index in [4.69, 9.17) is 5.73 Å². The topological polar surface area (TPSA) is 75.4 Å². The molecule has 0 amide bonds. The third-order valence-corrected chi connectivity index (χ3v) is 4.14. The van der Waals surface area contributed by atoms with Gasteiger partial charge in [0.15, 0.2) is 0 Å². The lowest BCUT2D eigenvalue weighted by atomic mass is 10.2. The van der Waals surface area contributed by atoms with E-state index in [0.29, 0.717) is 25.6 Å². The minimum absolute atomic E-state index is 0. The van der Waals surface area contributed by atoms with Crippen LogP contribution in [0.1, 0.15) is 20.3 Å². The second-order valence-corrected chi connectivity index (χ2v) is 5.71. The maximum atomic E-state index is 11.7. The first-order valence-corrected chi connectivity index (χ1v) is 6.37. The average Bonchev–Trinajstić information content (AvgIpc) is 2.51. The Bertz CT molecular complexity index is 284. The summed E-state index contributed by atoms with van der Waals surface area (Å²) in [5.41, 5.74) is 5.36. The number of nitrogens with two attached hydrogens (primary N) is 1. The van der Waals surface area contributed by atoms with Crippen LogP contribution in [0.25, 0.3) is 0 Å². The van der Waals surface area contributed by atoms with Gasteiger partial charge in [0.2, 0.25) is 0 Å². The van der Waals surface area contributed by atoms with Gasteiger partial charge in [-0.05, 0) is 19.3 Å². The molecule has 7 heteroatoms. The van der Waals surface area contributed by atoms with Crippen molar-refractivity contribution in [2.24, 2.45) is 11.7 Å². The largest absolute Gasteiger partial charge is 0.329 e. The Morgan fingerprint density at radius 3 is 2.60 bits per heavy atom. The Morgan fingerprint density at radius 2 is 2.20 bits per heavy atom. The van der Waals surface area contributed by atoms with Crippen LogP contribution in [0.3, 0.4) is 0 Å². The van der Waals surface area contributed by atoms with Gasteiger partial charge in [-0.2, -0.15) is 17.4 Å². The third-order valence-electron chi connectivity index (χ3n) is 2.43. The molecule has 0 bridgehead atoms. The van der Waals surface area contributed by atoms with Gasteiger partial charge < -0.3 is 5.73 Å². The Labute approximate surface area is 98.0 Å². The molecular formula is C8H20ClN3O2S. The van der Waals surface area contributed by atoms with Crippen LogP contribution in [0.2, 0.25) is 0 Å². The highest BCUT2D eigenvalue weighted by Crippen LogP contribution is 2.17. The van der Waals surface area contributed by atoms with Crippen molar-refractivity contribution < 1.29 is 8.42 Å². The fourth-order valence-corrected chi connectivity index (χ4v) is 3.04. The van der Waals surface area contributed by atoms with E-state index >= 15 is 0 Å². The van der Waals surface area contributed by atoms with Crippen molar-refractivity contribution >= 4 is 22.6 Å². The summed E-state index contributed by atoms with van der Waals surface area (Å²) in [6.07, 6.45) is 0.942. The molecular weight excluding hydrogens is 238 g/mol. The van der Waals surface area contributed by atoms with Crippen molar-refractivity contribution in [2.75, 3.05) is 19.6 Å². The zero-order valence-corrected chi connectivity index (χ0v) is 10.8. The Balaban J connectivity index is 0.00000196. The highest BCUT2D eigenvalue weighted by Gasteiger charge is 2.29. The number of rotatable bonds is 4. The fourth-order valence-electron chi connectivity index (χ4n) is 1.49. The van der Waals surface area contributed by atoms with Gasteiger partial charge in [-0.15, -0.1) is 12.4 Å². The highest BCUT2D eigenvalue weighted by atomic mass is 35.5. The van der Waals surface area contributed by atoms with E-state index in [1.54, 1.807) is 6.92 Å². The van der Waals surface area contributed by atoms with Crippen molar-refractivity contribution in [1.29, 1.82) is 0 Å². The van der Waals surface area contributed by atoms with E-state index in [9.17, 15) is 8.42 Å². The van der Waals surface area contributed by atoms with Crippen molar-refractivity contribution in [2.45, 2.75) is 26.3 Å². The average molecular weight is 258 g/mol. The number of hydrogen-bond donors (Lipinski definition) is 2. The molecule has 0 aromatic rings. The molecule has 0 aromatic carbocycles. The SMILES string of the molecule is CC1CCN(S(=O)(=O)N[C@@H](C)CN)C1.Cl. The monoisotopic (exact) mass is 257 g/mol. The smallest absolute Gasteiger partial charge is 0.279 e. The van der Waals surface area contributed by atoms with Crippen LogP contribution in [0.4, 0.5) is 0 Å². The summed E-state index contributed by atoms with van der Waals surface area (Å²) >= 11 is 0. The van der Waals surface area contributed by atoms with E-state index < -0.39 is 10.2 Å². The molecule has 1 aliphatic rings. The molecule has 2 atom stereocenters. The molecule has 1 fully saturated rings. The van der Waals surface area contributed by atoms with Crippen LogP contribution in [0.15, 0.2) is 0 Å². The molecule has 0 aliphatic carbocycles. The van der Waals surface area contributed by atoms with E-state index in [1.165, 1.54) is 4.31 Å². The second kappa shape index (κ2) is 6.00. The van der Waals surface area contributed by atoms with Gasteiger partial charge in [0.05, 0.1) is 0 Å². The Hall–Kier alpha value is 0.120. The standard InChI is InChI=1S/C8H19N3O2S.ClH/c1-7-3-4-11(6-7)14(12,13)10-8(2)5-9;/h7-8,10H,3-6,9H2,1-2H3;1H/t7?,8-;/m0./s1. The molecule has 1 saturated heterocycles. The molecule has 1 heterocycles. The minimum atomic E-state index is -3.30. The van der Waals surface area contributed by atoms with Crippen molar-refractivity contribution in [3.63, 3.8) is 0 Å². The van der Waals surface area contributed by atoms with Crippen molar-refractivity contribution in [3.8, 4) is 0 Å².